The molecule has 282 valence electrons. The van der Waals surface area contributed by atoms with Crippen LogP contribution in [0.5, 0.6) is 17.5 Å². The van der Waals surface area contributed by atoms with Crippen LogP contribution in [0.3, 0.4) is 0 Å². The van der Waals surface area contributed by atoms with Crippen molar-refractivity contribution in [3.05, 3.63) is 60.5 Å². The van der Waals surface area contributed by atoms with Crippen LogP contribution in [0.2, 0.25) is 0 Å². The minimum atomic E-state index is -0.818. The third-order valence-corrected chi connectivity index (χ3v) is 10.6. The number of nitrogen functional groups attached to an aromatic ring is 1. The molecule has 0 amide bonds. The SMILES string of the molecule is CC(CC(=O)O)Cc1cc(OCCN2CCN(CCOc3cc(N4C5CCC4CN(c4cc(-c6ccccc6O)nnc4N)C5)ccn3)[C@H](C)C2)no1. The van der Waals surface area contributed by atoms with Gasteiger partial charge in [0.25, 0.3) is 5.88 Å². The third-order valence-electron chi connectivity index (χ3n) is 10.6. The summed E-state index contributed by atoms with van der Waals surface area (Å²) in [5.74, 6) is 1.41. The Balaban J connectivity index is 0.861. The molecule has 0 saturated carbocycles. The number of piperazine rings is 2. The molecule has 3 aliphatic heterocycles. The summed E-state index contributed by atoms with van der Waals surface area (Å²) in [5, 5.41) is 31.8. The van der Waals surface area contributed by atoms with Gasteiger partial charge >= 0.3 is 5.97 Å². The van der Waals surface area contributed by atoms with E-state index in [0.717, 1.165) is 70.0 Å². The van der Waals surface area contributed by atoms with E-state index in [2.05, 4.69) is 59.0 Å². The standard InChI is InChI=1S/C38H49N9O6/c1-25(18-37(49)50)17-30-20-36(43-53-30)52-15-13-44-11-12-45(26(2)22-44)14-16-51-35-19-27(9-10-40-35)47-28-7-8-29(47)24-46(23-28)33-21-32(41-42-38(33)39)31-5-3-4-6-34(31)48/h3-6,9-10,19-21,25-26,28-29,48H,7-8,11-18,22-24H2,1-2H3,(H2,39,42)(H,49,50)/t25?,26-,28?,29?/m1/s1. The molecule has 3 unspecified atom stereocenters. The molecular formula is C38H49N9O6. The number of carboxylic acid groups (broad SMARTS) is 1. The van der Waals surface area contributed by atoms with Gasteiger partial charge in [-0.1, -0.05) is 19.1 Å². The first-order valence-corrected chi connectivity index (χ1v) is 18.5. The first kappa shape index (κ1) is 36.2. The molecule has 2 bridgehead atoms. The van der Waals surface area contributed by atoms with E-state index in [4.69, 9.17) is 24.8 Å². The normalized spacial score (nSPS) is 21.1. The molecule has 3 fully saturated rings. The fraction of sp³-hybridized carbons (Fsp3) is 0.500. The Hall–Kier alpha value is -5.15. The summed E-state index contributed by atoms with van der Waals surface area (Å²) in [6.45, 7) is 11.2. The van der Waals surface area contributed by atoms with Crippen LogP contribution in [0.1, 0.15) is 38.9 Å². The fourth-order valence-electron chi connectivity index (χ4n) is 7.95. The Morgan fingerprint density at radius 1 is 1.00 bits per heavy atom. The van der Waals surface area contributed by atoms with E-state index in [0.29, 0.717) is 72.4 Å². The van der Waals surface area contributed by atoms with Gasteiger partial charge in [-0.05, 0) is 55.1 Å². The molecule has 4 atom stereocenters. The highest BCUT2D eigenvalue weighted by molar-refractivity contribution is 5.74. The summed E-state index contributed by atoms with van der Waals surface area (Å²) in [5.41, 5.74) is 9.55. The number of aliphatic carboxylic acids is 1. The van der Waals surface area contributed by atoms with Crippen molar-refractivity contribution in [3.63, 3.8) is 0 Å². The Bertz CT molecular complexity index is 1840. The van der Waals surface area contributed by atoms with Crippen LogP contribution < -0.4 is 25.0 Å². The van der Waals surface area contributed by atoms with Crippen LogP contribution in [0.4, 0.5) is 17.2 Å². The van der Waals surface area contributed by atoms with Gasteiger partial charge in [-0.15, -0.1) is 10.2 Å². The first-order chi connectivity index (χ1) is 25.7. The summed E-state index contributed by atoms with van der Waals surface area (Å²) >= 11 is 0. The largest absolute Gasteiger partial charge is 0.507 e. The number of aromatic nitrogens is 4. The molecule has 1 aromatic carbocycles. The zero-order valence-corrected chi connectivity index (χ0v) is 30.4. The van der Waals surface area contributed by atoms with Crippen LogP contribution in [0.25, 0.3) is 11.3 Å². The maximum atomic E-state index is 10.9. The van der Waals surface area contributed by atoms with Gasteiger partial charge < -0.3 is 39.7 Å². The molecule has 15 nitrogen and oxygen atoms in total. The van der Waals surface area contributed by atoms with Crippen LogP contribution >= 0.6 is 0 Å². The number of hydrogen-bond acceptors (Lipinski definition) is 14. The van der Waals surface area contributed by atoms with Crippen molar-refractivity contribution in [1.82, 2.24) is 30.1 Å². The van der Waals surface area contributed by atoms with Crippen molar-refractivity contribution in [2.75, 3.05) is 74.6 Å². The lowest BCUT2D eigenvalue weighted by Crippen LogP contribution is -2.54. The van der Waals surface area contributed by atoms with E-state index in [1.165, 1.54) is 0 Å². The van der Waals surface area contributed by atoms with Crippen molar-refractivity contribution in [3.8, 4) is 28.8 Å². The minimum Gasteiger partial charge on any atom is -0.507 e. The van der Waals surface area contributed by atoms with Crippen molar-refractivity contribution in [2.45, 2.75) is 57.7 Å². The zero-order valence-electron chi connectivity index (χ0n) is 30.4. The highest BCUT2D eigenvalue weighted by Gasteiger charge is 2.41. The number of phenolic OH excluding ortho intramolecular Hbond substituents is 1. The van der Waals surface area contributed by atoms with Gasteiger partial charge in [-0.25, -0.2) is 4.98 Å². The monoisotopic (exact) mass is 727 g/mol. The molecule has 4 aromatic rings. The second-order valence-corrected chi connectivity index (χ2v) is 14.5. The average Bonchev–Trinajstić information content (AvgIpc) is 3.69. The van der Waals surface area contributed by atoms with Crippen LogP contribution in [0, 0.1) is 5.92 Å². The van der Waals surface area contributed by atoms with Gasteiger partial charge in [0, 0.05) is 106 Å². The summed E-state index contributed by atoms with van der Waals surface area (Å²) in [4.78, 5) is 25.1. The van der Waals surface area contributed by atoms with E-state index in [-0.39, 0.29) is 18.1 Å². The molecule has 4 N–H and O–H groups in total. The van der Waals surface area contributed by atoms with Gasteiger partial charge in [0.1, 0.15) is 24.7 Å². The Kier molecular flexibility index (Phi) is 11.1. The second kappa shape index (κ2) is 16.3. The number of pyridine rings is 1. The second-order valence-electron chi connectivity index (χ2n) is 14.5. The molecule has 3 aliphatic rings. The number of carbonyl (C=O) groups is 1. The lowest BCUT2D eigenvalue weighted by Gasteiger charge is -2.43. The smallest absolute Gasteiger partial charge is 0.303 e. The highest BCUT2D eigenvalue weighted by Crippen LogP contribution is 2.39. The number of fused-ring (bicyclic) bond motifs is 2. The number of hydrogen-bond donors (Lipinski definition) is 3. The maximum Gasteiger partial charge on any atom is 0.303 e. The van der Waals surface area contributed by atoms with Crippen molar-refractivity contribution in [1.29, 1.82) is 0 Å². The predicted molar refractivity (Wildman–Crippen MR) is 199 cm³/mol. The van der Waals surface area contributed by atoms with E-state index in [9.17, 15) is 9.90 Å². The van der Waals surface area contributed by atoms with E-state index in [1.54, 1.807) is 18.2 Å². The van der Waals surface area contributed by atoms with Crippen molar-refractivity contribution >= 4 is 23.2 Å². The van der Waals surface area contributed by atoms with E-state index in [1.807, 2.05) is 31.3 Å². The number of nitrogens with zero attached hydrogens (tertiary/aromatic N) is 8. The van der Waals surface area contributed by atoms with Crippen LogP contribution in [-0.2, 0) is 11.2 Å². The number of rotatable bonds is 15. The molecule has 0 aliphatic carbocycles. The minimum absolute atomic E-state index is 0.0352. The van der Waals surface area contributed by atoms with Crippen LogP contribution in [0.15, 0.2) is 59.3 Å². The highest BCUT2D eigenvalue weighted by atomic mass is 16.5. The number of carboxylic acids is 1. The number of benzene rings is 1. The number of aromatic hydroxyl groups is 1. The van der Waals surface area contributed by atoms with E-state index < -0.39 is 5.97 Å². The average molecular weight is 728 g/mol. The zero-order chi connectivity index (χ0) is 36.9. The van der Waals surface area contributed by atoms with Crippen molar-refractivity contribution in [2.24, 2.45) is 5.92 Å². The number of nitrogens with two attached hydrogens (primary N) is 1. The van der Waals surface area contributed by atoms with Gasteiger partial charge in [-0.3, -0.25) is 14.6 Å². The number of ether oxygens (including phenoxy) is 2. The Morgan fingerprint density at radius 3 is 2.55 bits per heavy atom. The van der Waals surface area contributed by atoms with Gasteiger partial charge in [0.15, 0.2) is 5.82 Å². The number of phenols is 1. The van der Waals surface area contributed by atoms with Gasteiger partial charge in [0.05, 0.1) is 11.4 Å². The summed E-state index contributed by atoms with van der Waals surface area (Å²) in [6, 6.07) is 15.9. The lowest BCUT2D eigenvalue weighted by molar-refractivity contribution is -0.137. The molecule has 6 heterocycles. The lowest BCUT2D eigenvalue weighted by atomic mass is 10.0. The molecular weight excluding hydrogens is 678 g/mol. The molecule has 3 aromatic heterocycles. The Morgan fingerprint density at radius 2 is 1.77 bits per heavy atom. The van der Waals surface area contributed by atoms with Gasteiger partial charge in [-0.2, -0.15) is 0 Å². The van der Waals surface area contributed by atoms with Crippen LogP contribution in [-0.4, -0.2) is 123 Å². The summed E-state index contributed by atoms with van der Waals surface area (Å²) in [6.07, 6.45) is 4.60. The predicted octanol–water partition coefficient (Wildman–Crippen LogP) is 3.79. The maximum absolute atomic E-state index is 10.9. The summed E-state index contributed by atoms with van der Waals surface area (Å²) < 4.78 is 17.4. The number of anilines is 3. The Labute approximate surface area is 309 Å². The molecule has 7 rings (SSSR count). The molecule has 53 heavy (non-hydrogen) atoms. The van der Waals surface area contributed by atoms with E-state index >= 15 is 0 Å². The first-order valence-electron chi connectivity index (χ1n) is 18.5. The topological polar surface area (TPSA) is 180 Å². The third kappa shape index (κ3) is 8.74. The molecule has 0 spiro atoms. The number of para-hydroxylation sites is 1. The van der Waals surface area contributed by atoms with Crippen molar-refractivity contribution < 1.29 is 29.0 Å². The quantitative estimate of drug-likeness (QED) is 0.161. The molecule has 15 heteroatoms. The summed E-state index contributed by atoms with van der Waals surface area (Å²) in [7, 11) is 0. The molecule has 0 radical (unpaired) electrons. The fourth-order valence-corrected chi connectivity index (χ4v) is 7.95. The molecule has 3 saturated heterocycles. The van der Waals surface area contributed by atoms with Gasteiger partial charge in [0.2, 0.25) is 5.88 Å².